The lowest BCUT2D eigenvalue weighted by Gasteiger charge is -2.34. The van der Waals surface area contributed by atoms with Gasteiger partial charge in [0.1, 0.15) is 6.10 Å². The number of methoxy groups -OCH3 is 1. The molecule has 0 aliphatic heterocycles. The summed E-state index contributed by atoms with van der Waals surface area (Å²) in [6.45, 7) is 0. The summed E-state index contributed by atoms with van der Waals surface area (Å²) >= 11 is 5.78. The predicted molar refractivity (Wildman–Crippen MR) is 73.4 cm³/mol. The van der Waals surface area contributed by atoms with Crippen LogP contribution in [-0.4, -0.2) is 36.4 Å². The molecule has 2 rings (SSSR count). The van der Waals surface area contributed by atoms with Crippen LogP contribution in [0.3, 0.4) is 0 Å². The zero-order chi connectivity index (χ0) is 13.8. The molecule has 1 aliphatic rings. The van der Waals surface area contributed by atoms with E-state index >= 15 is 0 Å². The summed E-state index contributed by atoms with van der Waals surface area (Å²) in [5.74, 6) is -0.197. The topological polar surface area (TPSA) is 58.6 Å². The van der Waals surface area contributed by atoms with E-state index in [1.807, 2.05) is 0 Å². The maximum atomic E-state index is 12.1. The minimum atomic E-state index is -0.657. The fourth-order valence-corrected chi connectivity index (χ4v) is 2.53. The first-order valence-electron chi connectivity index (χ1n) is 6.39. The van der Waals surface area contributed by atoms with Gasteiger partial charge in [-0.1, -0.05) is 11.6 Å². The highest BCUT2D eigenvalue weighted by atomic mass is 35.5. The van der Waals surface area contributed by atoms with Gasteiger partial charge in [0.05, 0.1) is 12.1 Å². The number of rotatable bonds is 3. The number of carbonyl (C=O) groups is 1. The maximum absolute atomic E-state index is 12.1. The van der Waals surface area contributed by atoms with Crippen LogP contribution >= 0.6 is 11.6 Å². The molecule has 0 heterocycles. The molecular weight excluding hydrogens is 266 g/mol. The summed E-state index contributed by atoms with van der Waals surface area (Å²) < 4.78 is 5.22. The van der Waals surface area contributed by atoms with Crippen LogP contribution < -0.4 is 5.32 Å². The summed E-state index contributed by atoms with van der Waals surface area (Å²) in [5, 5.41) is 13.6. The van der Waals surface area contributed by atoms with E-state index in [-0.39, 0.29) is 18.1 Å². The van der Waals surface area contributed by atoms with Crippen molar-refractivity contribution in [3.05, 3.63) is 34.9 Å². The molecule has 0 aromatic heterocycles. The number of hydrogen-bond acceptors (Lipinski definition) is 3. The van der Waals surface area contributed by atoms with Gasteiger partial charge in [0.15, 0.2) is 0 Å². The Balaban J connectivity index is 2.00. The molecule has 1 amide bonds. The van der Waals surface area contributed by atoms with E-state index in [0.29, 0.717) is 10.6 Å². The highest BCUT2D eigenvalue weighted by Crippen LogP contribution is 2.22. The highest BCUT2D eigenvalue weighted by molar-refractivity contribution is 6.30. The van der Waals surface area contributed by atoms with E-state index in [1.165, 1.54) is 0 Å². The number of ether oxygens (including phenoxy) is 1. The van der Waals surface area contributed by atoms with Crippen molar-refractivity contribution in [1.29, 1.82) is 0 Å². The number of nitrogens with one attached hydrogen (secondary N) is 1. The normalized spacial score (nSPS) is 27.0. The van der Waals surface area contributed by atoms with E-state index in [1.54, 1.807) is 31.4 Å². The second-order valence-corrected chi connectivity index (χ2v) is 5.22. The number of benzene rings is 1. The largest absolute Gasteiger partial charge is 0.388 e. The van der Waals surface area contributed by atoms with Crippen molar-refractivity contribution in [1.82, 2.24) is 5.32 Å². The number of hydrogen-bond donors (Lipinski definition) is 2. The molecule has 2 N–H and O–H groups in total. The van der Waals surface area contributed by atoms with Crippen LogP contribution in [-0.2, 0) is 4.74 Å². The zero-order valence-electron chi connectivity index (χ0n) is 10.8. The molecule has 1 fully saturated rings. The molecule has 3 atom stereocenters. The second-order valence-electron chi connectivity index (χ2n) is 4.78. The van der Waals surface area contributed by atoms with Crippen molar-refractivity contribution in [2.45, 2.75) is 37.5 Å². The van der Waals surface area contributed by atoms with Gasteiger partial charge in [-0.15, -0.1) is 0 Å². The molecule has 1 saturated carbocycles. The molecule has 104 valence electrons. The van der Waals surface area contributed by atoms with E-state index < -0.39 is 6.10 Å². The van der Waals surface area contributed by atoms with E-state index in [9.17, 15) is 9.90 Å². The Morgan fingerprint density at radius 2 is 2.05 bits per heavy atom. The van der Waals surface area contributed by atoms with Gasteiger partial charge in [-0.2, -0.15) is 0 Å². The fraction of sp³-hybridized carbons (Fsp3) is 0.500. The minimum absolute atomic E-state index is 0.197. The van der Waals surface area contributed by atoms with Crippen LogP contribution in [0, 0.1) is 0 Å². The van der Waals surface area contributed by atoms with Gasteiger partial charge in [-0.25, -0.2) is 0 Å². The van der Waals surface area contributed by atoms with Crippen LogP contribution in [0.25, 0.3) is 0 Å². The fourth-order valence-electron chi connectivity index (χ4n) is 2.41. The number of carbonyl (C=O) groups excluding carboxylic acids is 1. The van der Waals surface area contributed by atoms with E-state index in [2.05, 4.69) is 5.32 Å². The van der Waals surface area contributed by atoms with Gasteiger partial charge in [0, 0.05) is 17.7 Å². The van der Waals surface area contributed by atoms with Gasteiger partial charge in [0.25, 0.3) is 5.91 Å². The first kappa shape index (κ1) is 14.3. The molecule has 1 aliphatic carbocycles. The minimum Gasteiger partial charge on any atom is -0.388 e. The summed E-state index contributed by atoms with van der Waals surface area (Å²) in [4.78, 5) is 12.1. The monoisotopic (exact) mass is 283 g/mol. The molecule has 0 radical (unpaired) electrons. The first-order valence-corrected chi connectivity index (χ1v) is 6.77. The molecule has 4 nitrogen and oxygen atoms in total. The molecule has 5 heteroatoms. The quantitative estimate of drug-likeness (QED) is 0.892. The Hall–Kier alpha value is -1.10. The third kappa shape index (κ3) is 3.47. The third-order valence-electron chi connectivity index (χ3n) is 3.52. The van der Waals surface area contributed by atoms with E-state index in [4.69, 9.17) is 16.3 Å². The summed E-state index contributed by atoms with van der Waals surface area (Å²) in [5.41, 5.74) is 0.538. The molecular formula is C14H18ClNO3. The van der Waals surface area contributed by atoms with Crippen LogP contribution in [0.15, 0.2) is 24.3 Å². The third-order valence-corrected chi connectivity index (χ3v) is 3.77. The maximum Gasteiger partial charge on any atom is 0.251 e. The van der Waals surface area contributed by atoms with E-state index in [0.717, 1.165) is 19.3 Å². The first-order chi connectivity index (χ1) is 9.11. The second kappa shape index (κ2) is 6.37. The van der Waals surface area contributed by atoms with Crippen LogP contribution in [0.1, 0.15) is 29.6 Å². The average Bonchev–Trinajstić information content (AvgIpc) is 2.42. The Kier molecular flexibility index (Phi) is 4.80. The lowest BCUT2D eigenvalue weighted by atomic mass is 9.89. The van der Waals surface area contributed by atoms with Crippen molar-refractivity contribution in [3.8, 4) is 0 Å². The van der Waals surface area contributed by atoms with Crippen LogP contribution in [0.5, 0.6) is 0 Å². The van der Waals surface area contributed by atoms with Gasteiger partial charge in [0.2, 0.25) is 0 Å². The van der Waals surface area contributed by atoms with Crippen molar-refractivity contribution < 1.29 is 14.6 Å². The molecule has 1 aromatic rings. The summed E-state index contributed by atoms with van der Waals surface area (Å²) in [7, 11) is 1.58. The van der Waals surface area contributed by atoms with Crippen LogP contribution in [0.2, 0.25) is 5.02 Å². The molecule has 0 unspecified atom stereocenters. The van der Waals surface area contributed by atoms with Gasteiger partial charge >= 0.3 is 0 Å². The number of amides is 1. The summed E-state index contributed by atoms with van der Waals surface area (Å²) in [6.07, 6.45) is 1.66. The number of halogens is 1. The summed E-state index contributed by atoms with van der Waals surface area (Å²) in [6, 6.07) is 6.42. The van der Waals surface area contributed by atoms with Crippen molar-refractivity contribution in [3.63, 3.8) is 0 Å². The molecule has 0 spiro atoms. The Morgan fingerprint density at radius 1 is 1.37 bits per heavy atom. The predicted octanol–water partition coefficient (Wildman–Crippen LogP) is 2.00. The van der Waals surface area contributed by atoms with Gasteiger partial charge in [-0.3, -0.25) is 4.79 Å². The van der Waals surface area contributed by atoms with Crippen molar-refractivity contribution in [2.75, 3.05) is 7.11 Å². The SMILES string of the molecule is CO[C@@H]1CCC[C@@H](NC(=O)c2ccc(Cl)cc2)[C@H]1O. The highest BCUT2D eigenvalue weighted by Gasteiger charge is 2.32. The van der Waals surface area contributed by atoms with Gasteiger partial charge < -0.3 is 15.2 Å². The molecule has 0 bridgehead atoms. The zero-order valence-corrected chi connectivity index (χ0v) is 11.6. The molecule has 19 heavy (non-hydrogen) atoms. The molecule has 0 saturated heterocycles. The molecule has 1 aromatic carbocycles. The lowest BCUT2D eigenvalue weighted by molar-refractivity contribution is -0.0513. The smallest absolute Gasteiger partial charge is 0.251 e. The number of aliphatic hydroxyl groups excluding tert-OH is 1. The van der Waals surface area contributed by atoms with Crippen molar-refractivity contribution in [2.24, 2.45) is 0 Å². The Labute approximate surface area is 117 Å². The Bertz CT molecular complexity index is 435. The standard InChI is InChI=1S/C14H18ClNO3/c1-19-12-4-2-3-11(13(12)17)16-14(18)9-5-7-10(15)8-6-9/h5-8,11-13,17H,2-4H2,1H3,(H,16,18)/t11-,12-,13-/m1/s1. The van der Waals surface area contributed by atoms with Crippen LogP contribution in [0.4, 0.5) is 0 Å². The number of aliphatic hydroxyl groups is 1. The van der Waals surface area contributed by atoms with Crippen molar-refractivity contribution >= 4 is 17.5 Å². The Morgan fingerprint density at radius 3 is 2.68 bits per heavy atom. The lowest BCUT2D eigenvalue weighted by Crippen LogP contribution is -2.51. The van der Waals surface area contributed by atoms with Gasteiger partial charge in [-0.05, 0) is 43.5 Å². The average molecular weight is 284 g/mol.